The molecule has 23 heavy (non-hydrogen) atoms. The van der Waals surface area contributed by atoms with E-state index >= 15 is 0 Å². The Hall–Kier alpha value is -2.89. The molecule has 1 amide bonds. The summed E-state index contributed by atoms with van der Waals surface area (Å²) in [5.41, 5.74) is 2.33. The molecular weight excluding hydrogens is 296 g/mol. The minimum absolute atomic E-state index is 0.0266. The predicted octanol–water partition coefficient (Wildman–Crippen LogP) is 3.48. The number of anilines is 1. The van der Waals surface area contributed by atoms with E-state index in [1.165, 1.54) is 12.1 Å². The molecule has 2 aromatic rings. The molecule has 0 aliphatic rings. The molecule has 0 heterocycles. The number of carbonyl (C=O) groups excluding carboxylic acids is 1. The van der Waals surface area contributed by atoms with E-state index in [0.717, 1.165) is 17.7 Å². The zero-order valence-corrected chi connectivity index (χ0v) is 13.0. The van der Waals surface area contributed by atoms with Crippen molar-refractivity contribution in [2.75, 3.05) is 11.9 Å². The van der Waals surface area contributed by atoms with Gasteiger partial charge < -0.3 is 10.1 Å². The van der Waals surface area contributed by atoms with Gasteiger partial charge in [0.1, 0.15) is 5.75 Å². The van der Waals surface area contributed by atoms with Crippen molar-refractivity contribution in [2.24, 2.45) is 0 Å². The molecule has 0 unspecified atom stereocenters. The molecule has 1 N–H and O–H groups in total. The number of hydrogen-bond donors (Lipinski definition) is 1. The molecule has 0 spiro atoms. The topological polar surface area (TPSA) is 81.5 Å². The highest BCUT2D eigenvalue weighted by Crippen LogP contribution is 2.23. The zero-order valence-electron chi connectivity index (χ0n) is 13.0. The second kappa shape index (κ2) is 7.40. The highest BCUT2D eigenvalue weighted by molar-refractivity contribution is 5.92. The van der Waals surface area contributed by atoms with Crippen molar-refractivity contribution in [2.45, 2.75) is 20.3 Å². The number of rotatable bonds is 6. The van der Waals surface area contributed by atoms with E-state index < -0.39 is 4.92 Å². The molecule has 0 saturated carbocycles. The fourth-order valence-electron chi connectivity index (χ4n) is 2.21. The van der Waals surface area contributed by atoms with E-state index in [1.807, 2.05) is 31.2 Å². The summed E-state index contributed by atoms with van der Waals surface area (Å²) in [6, 6.07) is 12.0. The lowest BCUT2D eigenvalue weighted by Crippen LogP contribution is -2.20. The van der Waals surface area contributed by atoms with Gasteiger partial charge in [0.2, 0.25) is 0 Å². The maximum atomic E-state index is 12.0. The Morgan fingerprint density at radius 3 is 2.65 bits per heavy atom. The number of nitro benzene ring substituents is 1. The van der Waals surface area contributed by atoms with Gasteiger partial charge in [-0.25, -0.2) is 0 Å². The van der Waals surface area contributed by atoms with Crippen molar-refractivity contribution in [3.05, 3.63) is 63.7 Å². The number of carbonyl (C=O) groups is 1. The molecule has 6 nitrogen and oxygen atoms in total. The number of hydrogen-bond acceptors (Lipinski definition) is 4. The Bertz CT molecular complexity index is 728. The molecule has 0 aliphatic carbocycles. The van der Waals surface area contributed by atoms with E-state index in [2.05, 4.69) is 5.32 Å². The molecular formula is C17H18N2O4. The van der Waals surface area contributed by atoms with E-state index in [-0.39, 0.29) is 18.2 Å². The SMILES string of the molecule is CCc1ccccc1NC(=O)COc1ccc([N+](=O)[O-])c(C)c1. The molecule has 0 bridgehead atoms. The van der Waals surface area contributed by atoms with Crippen molar-refractivity contribution in [3.63, 3.8) is 0 Å². The molecule has 0 atom stereocenters. The Labute approximate surface area is 134 Å². The van der Waals surface area contributed by atoms with Gasteiger partial charge in [0.05, 0.1) is 4.92 Å². The maximum absolute atomic E-state index is 12.0. The van der Waals surface area contributed by atoms with Gasteiger partial charge in [-0.1, -0.05) is 25.1 Å². The van der Waals surface area contributed by atoms with Crippen LogP contribution in [-0.2, 0) is 11.2 Å². The maximum Gasteiger partial charge on any atom is 0.272 e. The lowest BCUT2D eigenvalue weighted by atomic mass is 10.1. The quantitative estimate of drug-likeness (QED) is 0.653. The van der Waals surface area contributed by atoms with Gasteiger partial charge in [0.15, 0.2) is 6.61 Å². The number of benzene rings is 2. The molecule has 0 fully saturated rings. The number of nitro groups is 1. The van der Waals surface area contributed by atoms with Gasteiger partial charge in [-0.2, -0.15) is 0 Å². The van der Waals surface area contributed by atoms with Gasteiger partial charge >= 0.3 is 0 Å². The summed E-state index contributed by atoms with van der Waals surface area (Å²) < 4.78 is 5.39. The smallest absolute Gasteiger partial charge is 0.272 e. The summed E-state index contributed by atoms with van der Waals surface area (Å²) >= 11 is 0. The molecule has 0 aromatic heterocycles. The van der Waals surface area contributed by atoms with Crippen LogP contribution in [0.2, 0.25) is 0 Å². The second-order valence-electron chi connectivity index (χ2n) is 5.05. The molecule has 120 valence electrons. The standard InChI is InChI=1S/C17H18N2O4/c1-3-13-6-4-5-7-15(13)18-17(20)11-23-14-8-9-16(19(21)22)12(2)10-14/h4-10H,3,11H2,1-2H3,(H,18,20). The Kier molecular flexibility index (Phi) is 5.30. The summed E-state index contributed by atoms with van der Waals surface area (Å²) in [7, 11) is 0. The van der Waals surface area contributed by atoms with E-state index in [1.54, 1.807) is 13.0 Å². The van der Waals surface area contributed by atoms with Crippen LogP contribution in [0.1, 0.15) is 18.1 Å². The van der Waals surface area contributed by atoms with Crippen LogP contribution < -0.4 is 10.1 Å². The lowest BCUT2D eigenvalue weighted by Gasteiger charge is -2.11. The number of amides is 1. The average Bonchev–Trinajstić information content (AvgIpc) is 2.53. The number of nitrogens with one attached hydrogen (secondary N) is 1. The van der Waals surface area contributed by atoms with Crippen LogP contribution in [0.15, 0.2) is 42.5 Å². The van der Waals surface area contributed by atoms with Crippen molar-refractivity contribution >= 4 is 17.3 Å². The normalized spacial score (nSPS) is 10.2. The predicted molar refractivity (Wildman–Crippen MR) is 87.8 cm³/mol. The molecule has 2 rings (SSSR count). The van der Waals surface area contributed by atoms with Crippen LogP contribution in [0.4, 0.5) is 11.4 Å². The average molecular weight is 314 g/mol. The molecule has 0 aliphatic heterocycles. The summed E-state index contributed by atoms with van der Waals surface area (Å²) in [4.78, 5) is 22.3. The van der Waals surface area contributed by atoms with Gasteiger partial charge in [0, 0.05) is 17.3 Å². The number of ether oxygens (including phenoxy) is 1. The number of para-hydroxylation sites is 1. The van der Waals surface area contributed by atoms with Gasteiger partial charge in [-0.05, 0) is 37.1 Å². The van der Waals surface area contributed by atoms with Crippen LogP contribution in [0.25, 0.3) is 0 Å². The monoisotopic (exact) mass is 314 g/mol. The van der Waals surface area contributed by atoms with Crippen molar-refractivity contribution in [1.29, 1.82) is 0 Å². The Balaban J connectivity index is 1.97. The minimum Gasteiger partial charge on any atom is -0.484 e. The Morgan fingerprint density at radius 1 is 1.26 bits per heavy atom. The number of nitrogens with zero attached hydrogens (tertiary/aromatic N) is 1. The zero-order chi connectivity index (χ0) is 16.8. The van der Waals surface area contributed by atoms with E-state index in [0.29, 0.717) is 11.3 Å². The largest absolute Gasteiger partial charge is 0.484 e. The summed E-state index contributed by atoms with van der Waals surface area (Å²) in [5, 5.41) is 13.6. The van der Waals surface area contributed by atoms with Crippen LogP contribution in [0.3, 0.4) is 0 Å². The van der Waals surface area contributed by atoms with Crippen LogP contribution in [0, 0.1) is 17.0 Å². The molecule has 0 radical (unpaired) electrons. The first kappa shape index (κ1) is 16.5. The van der Waals surface area contributed by atoms with E-state index in [4.69, 9.17) is 4.74 Å². The van der Waals surface area contributed by atoms with Gasteiger partial charge in [-0.3, -0.25) is 14.9 Å². The highest BCUT2D eigenvalue weighted by Gasteiger charge is 2.12. The first-order chi connectivity index (χ1) is 11.0. The van der Waals surface area contributed by atoms with E-state index in [9.17, 15) is 14.9 Å². The van der Waals surface area contributed by atoms with Crippen LogP contribution in [-0.4, -0.2) is 17.4 Å². The molecule has 6 heteroatoms. The van der Waals surface area contributed by atoms with Crippen molar-refractivity contribution in [3.8, 4) is 5.75 Å². The highest BCUT2D eigenvalue weighted by atomic mass is 16.6. The number of aryl methyl sites for hydroxylation is 2. The molecule has 2 aromatic carbocycles. The first-order valence-electron chi connectivity index (χ1n) is 7.27. The fourth-order valence-corrected chi connectivity index (χ4v) is 2.21. The van der Waals surface area contributed by atoms with Crippen LogP contribution in [0.5, 0.6) is 5.75 Å². The fraction of sp³-hybridized carbons (Fsp3) is 0.235. The summed E-state index contributed by atoms with van der Waals surface area (Å²) in [5.74, 6) is 0.147. The molecule has 0 saturated heterocycles. The minimum atomic E-state index is -0.451. The van der Waals surface area contributed by atoms with Gasteiger partial charge in [0.25, 0.3) is 11.6 Å². The first-order valence-corrected chi connectivity index (χ1v) is 7.27. The van der Waals surface area contributed by atoms with Gasteiger partial charge in [-0.15, -0.1) is 0 Å². The Morgan fingerprint density at radius 2 is 2.00 bits per heavy atom. The van der Waals surface area contributed by atoms with Crippen LogP contribution >= 0.6 is 0 Å². The van der Waals surface area contributed by atoms with Crippen molar-refractivity contribution in [1.82, 2.24) is 0 Å². The lowest BCUT2D eigenvalue weighted by molar-refractivity contribution is -0.385. The third-order valence-electron chi connectivity index (χ3n) is 3.41. The third kappa shape index (κ3) is 4.29. The summed E-state index contributed by atoms with van der Waals surface area (Å²) in [6.45, 7) is 3.49. The third-order valence-corrected chi connectivity index (χ3v) is 3.41. The van der Waals surface area contributed by atoms with Crippen molar-refractivity contribution < 1.29 is 14.5 Å². The summed E-state index contributed by atoms with van der Waals surface area (Å²) in [6.07, 6.45) is 0.818. The second-order valence-corrected chi connectivity index (χ2v) is 5.05.